The first-order chi connectivity index (χ1) is 14.5. The highest BCUT2D eigenvalue weighted by Gasteiger charge is 2.17. The largest absolute Gasteiger partial charge is 0.385 e. The summed E-state index contributed by atoms with van der Waals surface area (Å²) >= 11 is 0. The van der Waals surface area contributed by atoms with Crippen LogP contribution in [0.2, 0.25) is 0 Å². The Kier molecular flexibility index (Phi) is 5.21. The molecule has 0 atom stereocenters. The number of fused-ring (bicyclic) bond motifs is 2. The summed E-state index contributed by atoms with van der Waals surface area (Å²) in [6.07, 6.45) is 7.33. The molecule has 4 aromatic heterocycles. The smallest absolute Gasteiger partial charge is 0.254 e. The molecule has 4 N–H and O–H groups in total. The first kappa shape index (κ1) is 19.6. The van der Waals surface area contributed by atoms with Crippen LogP contribution >= 0.6 is 0 Å². The molecule has 0 unspecified atom stereocenters. The molecule has 4 heterocycles. The van der Waals surface area contributed by atoms with Crippen LogP contribution in [0.25, 0.3) is 22.7 Å². The maximum Gasteiger partial charge on any atom is 0.254 e. The number of nitrogens with zero attached hydrogens (tertiary/aromatic N) is 5. The highest BCUT2D eigenvalue weighted by molar-refractivity contribution is 5.99. The first-order valence-corrected chi connectivity index (χ1v) is 9.68. The number of hydrogen-bond acceptors (Lipinski definition) is 6. The van der Waals surface area contributed by atoms with Crippen molar-refractivity contribution in [3.8, 4) is 11.4 Å². The third-order valence-electron chi connectivity index (χ3n) is 5.11. The van der Waals surface area contributed by atoms with Crippen LogP contribution in [0.5, 0.6) is 0 Å². The second-order valence-electron chi connectivity index (χ2n) is 6.97. The van der Waals surface area contributed by atoms with E-state index in [9.17, 15) is 9.18 Å². The number of carbonyl (C=O) groups is 1. The van der Waals surface area contributed by atoms with Crippen molar-refractivity contribution < 1.29 is 9.18 Å². The van der Waals surface area contributed by atoms with Gasteiger partial charge in [0.25, 0.3) is 5.91 Å². The monoisotopic (exact) mass is 410 g/mol. The Hall–Kier alpha value is -3.69. The summed E-state index contributed by atoms with van der Waals surface area (Å²) in [4.78, 5) is 20.7. The van der Waals surface area contributed by atoms with Crippen molar-refractivity contribution in [3.63, 3.8) is 0 Å². The van der Waals surface area contributed by atoms with Crippen LogP contribution in [0.15, 0.2) is 36.8 Å². The number of carbonyl (C=O) groups excluding carboxylic acids is 1. The summed E-state index contributed by atoms with van der Waals surface area (Å²) in [5.41, 5.74) is 9.32. The maximum absolute atomic E-state index is 11.7. The average molecular weight is 410 g/mol. The molecule has 10 heteroatoms. The number of nitrogens with two attached hydrogens (primary N) is 1. The molecule has 0 spiro atoms. The van der Waals surface area contributed by atoms with Gasteiger partial charge in [0, 0.05) is 32.6 Å². The minimum atomic E-state index is -0.569. The van der Waals surface area contributed by atoms with Crippen LogP contribution in [0.3, 0.4) is 0 Å². The van der Waals surface area contributed by atoms with E-state index in [4.69, 9.17) is 5.73 Å². The molecule has 0 aliphatic heterocycles. The van der Waals surface area contributed by atoms with Gasteiger partial charge in [0.1, 0.15) is 17.6 Å². The number of pyridine rings is 1. The van der Waals surface area contributed by atoms with Crippen molar-refractivity contribution in [2.45, 2.75) is 25.4 Å². The van der Waals surface area contributed by atoms with Crippen LogP contribution < -0.4 is 16.4 Å². The molecular weight excluding hydrogens is 387 g/mol. The van der Waals surface area contributed by atoms with Gasteiger partial charge in [-0.05, 0) is 31.4 Å². The highest BCUT2D eigenvalue weighted by Crippen LogP contribution is 2.27. The lowest BCUT2D eigenvalue weighted by molar-refractivity contribution is 0.100. The van der Waals surface area contributed by atoms with E-state index in [0.717, 1.165) is 36.3 Å². The highest BCUT2D eigenvalue weighted by atomic mass is 19.1. The summed E-state index contributed by atoms with van der Waals surface area (Å²) in [5.74, 6) is 0.124. The molecule has 1 aliphatic carbocycles. The number of rotatable bonds is 4. The van der Waals surface area contributed by atoms with Crippen LogP contribution in [-0.2, 0) is 0 Å². The molecule has 5 rings (SSSR count). The zero-order valence-electron chi connectivity index (χ0n) is 16.8. The Bertz CT molecular complexity index is 1210. The maximum atomic E-state index is 11.7. The lowest BCUT2D eigenvalue weighted by Gasteiger charge is -2.14. The number of anilines is 2. The third kappa shape index (κ3) is 3.40. The minimum absolute atomic E-state index is 0.270. The first-order valence-electron chi connectivity index (χ1n) is 9.68. The van der Waals surface area contributed by atoms with Gasteiger partial charge >= 0.3 is 0 Å². The zero-order valence-corrected chi connectivity index (χ0v) is 16.8. The fourth-order valence-electron chi connectivity index (χ4n) is 3.22. The summed E-state index contributed by atoms with van der Waals surface area (Å²) in [6, 6.07) is 5.74. The van der Waals surface area contributed by atoms with E-state index in [0.29, 0.717) is 17.2 Å². The molecular formula is C20H23FN8O. The summed E-state index contributed by atoms with van der Waals surface area (Å²) < 4.78 is 15.0. The fourth-order valence-corrected chi connectivity index (χ4v) is 3.22. The molecule has 0 aromatic carbocycles. The molecule has 1 aliphatic rings. The summed E-state index contributed by atoms with van der Waals surface area (Å²) in [5, 5.41) is 10.4. The average Bonchev–Trinajstić information content (AvgIpc) is 3.38. The van der Waals surface area contributed by atoms with Crippen molar-refractivity contribution in [1.82, 2.24) is 24.0 Å². The van der Waals surface area contributed by atoms with Gasteiger partial charge in [-0.2, -0.15) is 9.61 Å². The fraction of sp³-hybridized carbons (Fsp3) is 0.300. The van der Waals surface area contributed by atoms with E-state index < -0.39 is 12.1 Å². The SMILES string of the molecule is CNc1ccc(-c2cc(NC)n3ncc(C(N)=O)c3n2)n2ccnc12.FC1CCC1. The van der Waals surface area contributed by atoms with E-state index in [-0.39, 0.29) is 5.56 Å². The van der Waals surface area contributed by atoms with E-state index in [1.54, 1.807) is 17.8 Å². The Labute approximate surface area is 172 Å². The predicted octanol–water partition coefficient (Wildman–Crippen LogP) is 2.73. The van der Waals surface area contributed by atoms with Gasteiger partial charge in [-0.1, -0.05) is 0 Å². The zero-order chi connectivity index (χ0) is 21.3. The van der Waals surface area contributed by atoms with Crippen molar-refractivity contribution in [2.24, 2.45) is 5.73 Å². The van der Waals surface area contributed by atoms with Gasteiger partial charge in [0.15, 0.2) is 11.3 Å². The van der Waals surface area contributed by atoms with Gasteiger partial charge in [-0.25, -0.2) is 14.4 Å². The number of amides is 1. The normalized spacial score (nSPS) is 13.6. The topological polar surface area (TPSA) is 115 Å². The quantitative estimate of drug-likeness (QED) is 0.477. The van der Waals surface area contributed by atoms with Crippen LogP contribution in [-0.4, -0.2) is 50.2 Å². The second kappa shape index (κ2) is 7.97. The number of hydrogen-bond donors (Lipinski definition) is 3. The van der Waals surface area contributed by atoms with Gasteiger partial charge in [0.05, 0.1) is 23.3 Å². The van der Waals surface area contributed by atoms with Crippen molar-refractivity contribution in [1.29, 1.82) is 0 Å². The molecule has 9 nitrogen and oxygen atoms in total. The minimum Gasteiger partial charge on any atom is -0.385 e. The molecule has 1 amide bonds. The van der Waals surface area contributed by atoms with Gasteiger partial charge < -0.3 is 16.4 Å². The summed E-state index contributed by atoms with van der Waals surface area (Å²) in [6.45, 7) is 0. The number of aromatic nitrogens is 5. The van der Waals surface area contributed by atoms with Crippen LogP contribution in [0.4, 0.5) is 15.9 Å². The van der Waals surface area contributed by atoms with E-state index in [1.165, 1.54) is 6.20 Å². The Morgan fingerprint density at radius 2 is 2.00 bits per heavy atom. The molecule has 30 heavy (non-hydrogen) atoms. The molecule has 0 saturated heterocycles. The Balaban J connectivity index is 0.000000383. The molecule has 1 fully saturated rings. The van der Waals surface area contributed by atoms with Crippen LogP contribution in [0.1, 0.15) is 29.6 Å². The molecule has 156 valence electrons. The molecule has 0 radical (unpaired) electrons. The molecule has 1 saturated carbocycles. The molecule has 0 bridgehead atoms. The van der Waals surface area contributed by atoms with Gasteiger partial charge in [0.2, 0.25) is 0 Å². The lowest BCUT2D eigenvalue weighted by Crippen LogP contribution is -2.12. The Morgan fingerprint density at radius 1 is 1.23 bits per heavy atom. The number of alkyl halides is 1. The van der Waals surface area contributed by atoms with E-state index in [1.807, 2.05) is 35.8 Å². The summed E-state index contributed by atoms with van der Waals surface area (Å²) in [7, 11) is 3.62. The third-order valence-corrected chi connectivity index (χ3v) is 5.11. The second-order valence-corrected chi connectivity index (χ2v) is 6.97. The number of imidazole rings is 1. The number of primary amides is 1. The van der Waals surface area contributed by atoms with Crippen molar-refractivity contribution >= 4 is 28.7 Å². The number of halogens is 1. The Morgan fingerprint density at radius 3 is 2.60 bits per heavy atom. The van der Waals surface area contributed by atoms with Gasteiger partial charge in [-0.3, -0.25) is 9.20 Å². The van der Waals surface area contributed by atoms with E-state index in [2.05, 4.69) is 25.7 Å². The van der Waals surface area contributed by atoms with Crippen molar-refractivity contribution in [3.05, 3.63) is 42.4 Å². The van der Waals surface area contributed by atoms with Crippen molar-refractivity contribution in [2.75, 3.05) is 24.7 Å². The molecule has 4 aromatic rings. The van der Waals surface area contributed by atoms with E-state index >= 15 is 0 Å². The lowest BCUT2D eigenvalue weighted by atomic mass is 9.98. The van der Waals surface area contributed by atoms with Crippen LogP contribution in [0, 0.1) is 0 Å². The van der Waals surface area contributed by atoms with Gasteiger partial charge in [-0.15, -0.1) is 0 Å². The standard InChI is InChI=1S/C16H16N8O.C4H7F/c1-18-10-3-4-12(23-6-5-20-16(10)23)11-7-13(19-2)24-15(22-11)9(8-21-24)14(17)25;5-4-2-1-3-4/h3-8,18-19H,1-2H3,(H2,17,25);4H,1-3H2. The predicted molar refractivity (Wildman–Crippen MR) is 114 cm³/mol. The number of nitrogens with one attached hydrogen (secondary N) is 2.